The number of carbonyl (C=O) groups is 1. The summed E-state index contributed by atoms with van der Waals surface area (Å²) in [7, 11) is 3.91. The monoisotopic (exact) mass is 338 g/mol. The summed E-state index contributed by atoms with van der Waals surface area (Å²) in [5, 5.41) is 7.16. The van der Waals surface area contributed by atoms with Gasteiger partial charge in [-0.05, 0) is 61.5 Å². The Labute approximate surface area is 145 Å². The number of nitrogens with zero attached hydrogens (tertiary/aromatic N) is 3. The molecule has 0 unspecified atom stereocenters. The molecular weight excluding hydrogens is 319 g/mol. The topological polar surface area (TPSA) is 50.2 Å². The smallest absolute Gasteiger partial charge is 0.276 e. The number of carbonyl (C=O) groups excluding carboxylic acids is 1. The summed E-state index contributed by atoms with van der Waals surface area (Å²) in [6.45, 7) is 1.85. The van der Waals surface area contributed by atoms with Crippen molar-refractivity contribution in [2.75, 3.05) is 24.3 Å². The molecular formula is C19H19FN4O. The van der Waals surface area contributed by atoms with Crippen molar-refractivity contribution in [2.24, 2.45) is 0 Å². The van der Waals surface area contributed by atoms with Gasteiger partial charge in [-0.2, -0.15) is 5.10 Å². The summed E-state index contributed by atoms with van der Waals surface area (Å²) in [6.07, 6.45) is 0. The van der Waals surface area contributed by atoms with E-state index in [-0.39, 0.29) is 11.7 Å². The van der Waals surface area contributed by atoms with E-state index in [2.05, 4.69) is 10.4 Å². The first-order valence-electron chi connectivity index (χ1n) is 7.85. The summed E-state index contributed by atoms with van der Waals surface area (Å²) in [5.41, 5.74) is 3.55. The van der Waals surface area contributed by atoms with E-state index in [1.165, 1.54) is 12.1 Å². The molecule has 25 heavy (non-hydrogen) atoms. The Balaban J connectivity index is 1.79. The van der Waals surface area contributed by atoms with Gasteiger partial charge in [-0.15, -0.1) is 0 Å². The van der Waals surface area contributed by atoms with Crippen LogP contribution in [-0.2, 0) is 0 Å². The zero-order chi connectivity index (χ0) is 18.0. The standard InChI is InChI=1S/C19H19FN4O/c1-13-12-18(22-24(13)17-8-4-14(20)5-9-17)19(25)21-15-6-10-16(11-7-15)23(2)3/h4-12H,1-3H3,(H,21,25). The molecule has 0 bridgehead atoms. The normalized spacial score (nSPS) is 10.6. The molecule has 0 fully saturated rings. The van der Waals surface area contributed by atoms with Gasteiger partial charge in [0, 0.05) is 31.2 Å². The molecule has 3 rings (SSSR count). The van der Waals surface area contributed by atoms with E-state index in [1.807, 2.05) is 50.2 Å². The lowest BCUT2D eigenvalue weighted by atomic mass is 10.2. The average molecular weight is 338 g/mol. The van der Waals surface area contributed by atoms with Crippen molar-refractivity contribution in [3.63, 3.8) is 0 Å². The van der Waals surface area contributed by atoms with E-state index in [0.29, 0.717) is 17.1 Å². The van der Waals surface area contributed by atoms with Crippen molar-refractivity contribution in [3.05, 3.63) is 71.8 Å². The molecule has 0 saturated heterocycles. The highest BCUT2D eigenvalue weighted by molar-refractivity contribution is 6.03. The highest BCUT2D eigenvalue weighted by atomic mass is 19.1. The van der Waals surface area contributed by atoms with E-state index < -0.39 is 0 Å². The third-order valence-electron chi connectivity index (χ3n) is 3.83. The first-order valence-corrected chi connectivity index (χ1v) is 7.85. The highest BCUT2D eigenvalue weighted by Gasteiger charge is 2.13. The van der Waals surface area contributed by atoms with Crippen LogP contribution in [0.4, 0.5) is 15.8 Å². The number of hydrogen-bond acceptors (Lipinski definition) is 3. The lowest BCUT2D eigenvalue weighted by Gasteiger charge is -2.12. The molecule has 1 heterocycles. The fourth-order valence-electron chi connectivity index (χ4n) is 2.47. The largest absolute Gasteiger partial charge is 0.378 e. The van der Waals surface area contributed by atoms with Crippen LogP contribution in [0.1, 0.15) is 16.2 Å². The van der Waals surface area contributed by atoms with E-state index in [0.717, 1.165) is 11.4 Å². The van der Waals surface area contributed by atoms with Crippen molar-refractivity contribution < 1.29 is 9.18 Å². The molecule has 2 aromatic carbocycles. The predicted molar refractivity (Wildman–Crippen MR) is 97.0 cm³/mol. The van der Waals surface area contributed by atoms with Crippen LogP contribution in [0.2, 0.25) is 0 Å². The lowest BCUT2D eigenvalue weighted by Crippen LogP contribution is -2.13. The van der Waals surface area contributed by atoms with Gasteiger partial charge in [-0.1, -0.05) is 0 Å². The molecule has 0 radical (unpaired) electrons. The van der Waals surface area contributed by atoms with Crippen LogP contribution in [-0.4, -0.2) is 29.8 Å². The minimum Gasteiger partial charge on any atom is -0.378 e. The molecule has 0 aliphatic carbocycles. The maximum Gasteiger partial charge on any atom is 0.276 e. The number of anilines is 2. The molecule has 0 atom stereocenters. The van der Waals surface area contributed by atoms with Gasteiger partial charge in [0.25, 0.3) is 5.91 Å². The number of halogens is 1. The van der Waals surface area contributed by atoms with Gasteiger partial charge in [0.1, 0.15) is 5.82 Å². The number of benzene rings is 2. The summed E-state index contributed by atoms with van der Waals surface area (Å²) < 4.78 is 14.7. The lowest BCUT2D eigenvalue weighted by molar-refractivity contribution is 0.102. The maximum atomic E-state index is 13.1. The minimum absolute atomic E-state index is 0.290. The molecule has 0 aliphatic rings. The van der Waals surface area contributed by atoms with Gasteiger partial charge in [0.2, 0.25) is 0 Å². The Morgan fingerprint density at radius 1 is 1.08 bits per heavy atom. The minimum atomic E-state index is -0.312. The van der Waals surface area contributed by atoms with Gasteiger partial charge in [-0.25, -0.2) is 9.07 Å². The van der Waals surface area contributed by atoms with Crippen LogP contribution in [0.15, 0.2) is 54.6 Å². The Morgan fingerprint density at radius 3 is 2.32 bits per heavy atom. The van der Waals surface area contributed by atoms with Gasteiger partial charge in [0.05, 0.1) is 5.69 Å². The second-order valence-electron chi connectivity index (χ2n) is 5.95. The highest BCUT2D eigenvalue weighted by Crippen LogP contribution is 2.17. The van der Waals surface area contributed by atoms with Crippen molar-refractivity contribution in [1.29, 1.82) is 0 Å². The number of rotatable bonds is 4. The van der Waals surface area contributed by atoms with Crippen molar-refractivity contribution in [3.8, 4) is 5.69 Å². The molecule has 128 valence electrons. The first-order chi connectivity index (χ1) is 11.9. The van der Waals surface area contributed by atoms with Crippen LogP contribution in [0, 0.1) is 12.7 Å². The van der Waals surface area contributed by atoms with Gasteiger partial charge in [0.15, 0.2) is 5.69 Å². The van der Waals surface area contributed by atoms with Gasteiger partial charge >= 0.3 is 0 Å². The predicted octanol–water partition coefficient (Wildman–Crippen LogP) is 3.64. The van der Waals surface area contributed by atoms with Crippen LogP contribution >= 0.6 is 0 Å². The van der Waals surface area contributed by atoms with E-state index >= 15 is 0 Å². The molecule has 6 heteroatoms. The Hall–Kier alpha value is -3.15. The zero-order valence-corrected chi connectivity index (χ0v) is 14.3. The second-order valence-corrected chi connectivity index (χ2v) is 5.95. The number of aryl methyl sites for hydroxylation is 1. The zero-order valence-electron chi connectivity index (χ0n) is 14.3. The molecule has 0 saturated carbocycles. The number of amides is 1. The summed E-state index contributed by atoms with van der Waals surface area (Å²) in [4.78, 5) is 14.4. The van der Waals surface area contributed by atoms with Crippen LogP contribution in [0.3, 0.4) is 0 Å². The summed E-state index contributed by atoms with van der Waals surface area (Å²) in [5.74, 6) is -0.603. The van der Waals surface area contributed by atoms with Crippen molar-refractivity contribution in [2.45, 2.75) is 6.92 Å². The number of nitrogens with one attached hydrogen (secondary N) is 1. The van der Waals surface area contributed by atoms with Crippen LogP contribution < -0.4 is 10.2 Å². The SMILES string of the molecule is Cc1cc(C(=O)Nc2ccc(N(C)C)cc2)nn1-c1ccc(F)cc1. The quantitative estimate of drug-likeness (QED) is 0.790. The summed E-state index contributed by atoms with van der Waals surface area (Å²) in [6, 6.07) is 15.2. The van der Waals surface area contributed by atoms with Crippen molar-refractivity contribution in [1.82, 2.24) is 9.78 Å². The molecule has 1 amide bonds. The van der Waals surface area contributed by atoms with Gasteiger partial charge in [-0.3, -0.25) is 4.79 Å². The first kappa shape index (κ1) is 16.7. The number of hydrogen-bond donors (Lipinski definition) is 1. The Morgan fingerprint density at radius 2 is 1.72 bits per heavy atom. The molecule has 3 aromatic rings. The molecule has 5 nitrogen and oxygen atoms in total. The van der Waals surface area contributed by atoms with Crippen molar-refractivity contribution >= 4 is 17.3 Å². The van der Waals surface area contributed by atoms with E-state index in [1.54, 1.807) is 22.9 Å². The third-order valence-corrected chi connectivity index (χ3v) is 3.83. The second kappa shape index (κ2) is 6.76. The third kappa shape index (κ3) is 3.68. The molecule has 1 aromatic heterocycles. The number of aromatic nitrogens is 2. The maximum absolute atomic E-state index is 13.1. The molecule has 0 spiro atoms. The fraction of sp³-hybridized carbons (Fsp3) is 0.158. The fourth-order valence-corrected chi connectivity index (χ4v) is 2.47. The Bertz CT molecular complexity index is 883. The molecule has 0 aliphatic heterocycles. The average Bonchev–Trinajstić information content (AvgIpc) is 2.98. The molecule has 1 N–H and O–H groups in total. The van der Waals surface area contributed by atoms with E-state index in [9.17, 15) is 9.18 Å². The Kier molecular flexibility index (Phi) is 4.52. The van der Waals surface area contributed by atoms with E-state index in [4.69, 9.17) is 0 Å². The van der Waals surface area contributed by atoms with Crippen LogP contribution in [0.25, 0.3) is 5.69 Å². The summed E-state index contributed by atoms with van der Waals surface area (Å²) >= 11 is 0. The van der Waals surface area contributed by atoms with Gasteiger partial charge < -0.3 is 10.2 Å². The van der Waals surface area contributed by atoms with Crippen LogP contribution in [0.5, 0.6) is 0 Å².